The van der Waals surface area contributed by atoms with Crippen molar-refractivity contribution in [2.45, 2.75) is 0 Å². The molecule has 2 rings (SSSR count). The van der Waals surface area contributed by atoms with Crippen LogP contribution in [0.3, 0.4) is 0 Å². The number of methoxy groups -OCH3 is 1. The number of nitrogens with two attached hydrogens (primary N) is 2. The Bertz CT molecular complexity index is 836. The number of carboxylic acid groups (broad SMARTS) is 1. The molecular formula is C13H10Cl2I2N4O4. The van der Waals surface area contributed by atoms with Gasteiger partial charge < -0.3 is 21.3 Å². The Morgan fingerprint density at radius 1 is 1.04 bits per heavy atom. The molecule has 0 saturated heterocycles. The predicted octanol–water partition coefficient (Wildman–Crippen LogP) is 3.33. The number of ether oxygens (including phenoxy) is 1. The van der Waals surface area contributed by atoms with Gasteiger partial charge in [-0.3, -0.25) is 0 Å². The van der Waals surface area contributed by atoms with Crippen LogP contribution >= 0.6 is 68.4 Å². The Morgan fingerprint density at radius 2 is 1.44 bits per heavy atom. The molecule has 0 aromatic carbocycles. The van der Waals surface area contributed by atoms with Gasteiger partial charge in [-0.15, -0.1) is 0 Å². The second-order valence-electron chi connectivity index (χ2n) is 4.19. The Labute approximate surface area is 179 Å². The third kappa shape index (κ3) is 5.97. The molecule has 0 aliphatic carbocycles. The van der Waals surface area contributed by atoms with Crippen molar-refractivity contribution in [2.24, 2.45) is 0 Å². The number of hydrogen-bond acceptors (Lipinski definition) is 7. The summed E-state index contributed by atoms with van der Waals surface area (Å²) < 4.78 is 5.41. The second kappa shape index (κ2) is 9.54. The summed E-state index contributed by atoms with van der Waals surface area (Å²) >= 11 is 14.9. The van der Waals surface area contributed by atoms with E-state index in [1.807, 2.05) is 45.2 Å². The van der Waals surface area contributed by atoms with Crippen molar-refractivity contribution in [2.75, 3.05) is 18.6 Å². The van der Waals surface area contributed by atoms with E-state index in [0.29, 0.717) is 7.40 Å². The highest BCUT2D eigenvalue weighted by Crippen LogP contribution is 2.22. The van der Waals surface area contributed by atoms with Gasteiger partial charge in [-0.1, -0.05) is 23.2 Å². The van der Waals surface area contributed by atoms with Gasteiger partial charge in [-0.25, -0.2) is 19.6 Å². The summed E-state index contributed by atoms with van der Waals surface area (Å²) in [6.07, 6.45) is 0. The maximum absolute atomic E-state index is 11.1. The first kappa shape index (κ1) is 21.9. The number of halogens is 4. The zero-order chi connectivity index (χ0) is 19.3. The first-order valence-corrected chi connectivity index (χ1v) is 9.04. The molecule has 0 bridgehead atoms. The van der Waals surface area contributed by atoms with Crippen LogP contribution in [0.15, 0.2) is 12.1 Å². The number of aromatic nitrogens is 2. The molecule has 0 aliphatic heterocycles. The van der Waals surface area contributed by atoms with E-state index in [-0.39, 0.29) is 32.8 Å². The highest BCUT2D eigenvalue weighted by atomic mass is 127. The molecule has 2 heterocycles. The lowest BCUT2D eigenvalue weighted by molar-refractivity contribution is 0.0600. The van der Waals surface area contributed by atoms with Crippen molar-refractivity contribution in [1.82, 2.24) is 9.97 Å². The molecular weight excluding hydrogens is 601 g/mol. The SMILES string of the molecule is COC(=O)c1cc(Cl)nc(I)c1N.Nc1c(C(=O)O)cc(Cl)nc1I. The Morgan fingerprint density at radius 3 is 1.84 bits per heavy atom. The summed E-state index contributed by atoms with van der Waals surface area (Å²) in [6.45, 7) is 0. The highest BCUT2D eigenvalue weighted by molar-refractivity contribution is 14.1. The lowest BCUT2D eigenvalue weighted by Gasteiger charge is -2.04. The van der Waals surface area contributed by atoms with Crippen LogP contribution in [0.1, 0.15) is 20.7 Å². The van der Waals surface area contributed by atoms with Gasteiger partial charge in [0.05, 0.1) is 29.6 Å². The molecule has 0 fully saturated rings. The van der Waals surface area contributed by atoms with Crippen molar-refractivity contribution in [3.63, 3.8) is 0 Å². The largest absolute Gasteiger partial charge is 0.478 e. The second-order valence-corrected chi connectivity index (χ2v) is 7.01. The molecule has 0 radical (unpaired) electrons. The maximum atomic E-state index is 11.1. The van der Waals surface area contributed by atoms with E-state index in [0.717, 1.165) is 0 Å². The van der Waals surface area contributed by atoms with E-state index in [1.165, 1.54) is 19.2 Å². The van der Waals surface area contributed by atoms with E-state index in [2.05, 4.69) is 14.7 Å². The van der Waals surface area contributed by atoms with Gasteiger partial charge >= 0.3 is 11.9 Å². The van der Waals surface area contributed by atoms with Crippen molar-refractivity contribution in [3.8, 4) is 0 Å². The van der Waals surface area contributed by atoms with E-state index >= 15 is 0 Å². The van der Waals surface area contributed by atoms with Crippen molar-refractivity contribution in [3.05, 3.63) is 41.0 Å². The van der Waals surface area contributed by atoms with Gasteiger partial charge in [0.2, 0.25) is 0 Å². The lowest BCUT2D eigenvalue weighted by atomic mass is 10.2. The Kier molecular flexibility index (Phi) is 8.37. The number of hydrogen-bond donors (Lipinski definition) is 3. The number of aromatic carboxylic acids is 1. The minimum absolute atomic E-state index is 0.0144. The van der Waals surface area contributed by atoms with Crippen LogP contribution in [0.2, 0.25) is 10.3 Å². The summed E-state index contributed by atoms with van der Waals surface area (Å²) in [6, 6.07) is 2.60. The lowest BCUT2D eigenvalue weighted by Crippen LogP contribution is -2.08. The zero-order valence-corrected chi connectivity index (χ0v) is 18.2. The van der Waals surface area contributed by atoms with Crippen molar-refractivity contribution in [1.29, 1.82) is 0 Å². The molecule has 2 aromatic rings. The maximum Gasteiger partial charge on any atom is 0.340 e. The van der Waals surface area contributed by atoms with Gasteiger partial charge in [0.1, 0.15) is 17.7 Å². The summed E-state index contributed by atoms with van der Waals surface area (Å²) in [7, 11) is 1.28. The van der Waals surface area contributed by atoms with Gasteiger partial charge in [-0.2, -0.15) is 0 Å². The van der Waals surface area contributed by atoms with Crippen molar-refractivity contribution >= 4 is 91.7 Å². The molecule has 25 heavy (non-hydrogen) atoms. The third-order valence-electron chi connectivity index (χ3n) is 2.60. The number of rotatable bonds is 2. The summed E-state index contributed by atoms with van der Waals surface area (Å²) in [4.78, 5) is 29.4. The topological polar surface area (TPSA) is 141 Å². The molecule has 12 heteroatoms. The molecule has 2 aromatic heterocycles. The van der Waals surface area contributed by atoms with E-state index in [9.17, 15) is 9.59 Å². The number of carboxylic acids is 1. The van der Waals surface area contributed by atoms with Crippen LogP contribution in [0.5, 0.6) is 0 Å². The fourth-order valence-electron chi connectivity index (χ4n) is 1.44. The third-order valence-corrected chi connectivity index (χ3v) is 4.63. The smallest absolute Gasteiger partial charge is 0.340 e. The molecule has 8 nitrogen and oxygen atoms in total. The van der Waals surface area contributed by atoms with Gasteiger partial charge in [0.25, 0.3) is 0 Å². The number of nitrogen functional groups attached to an aromatic ring is 2. The first-order chi connectivity index (χ1) is 11.6. The summed E-state index contributed by atoms with van der Waals surface area (Å²) in [5, 5.41) is 9.00. The number of carbonyl (C=O) groups is 2. The molecule has 134 valence electrons. The first-order valence-electron chi connectivity index (χ1n) is 6.13. The fraction of sp³-hybridized carbons (Fsp3) is 0.0769. The van der Waals surface area contributed by atoms with Crippen LogP contribution in [-0.2, 0) is 4.74 Å². The van der Waals surface area contributed by atoms with Gasteiger partial charge in [0, 0.05) is 0 Å². The van der Waals surface area contributed by atoms with E-state index < -0.39 is 11.9 Å². The van der Waals surface area contributed by atoms with E-state index in [4.69, 9.17) is 39.8 Å². The number of nitrogens with zero attached hydrogens (tertiary/aromatic N) is 2. The number of anilines is 2. The predicted molar refractivity (Wildman–Crippen MR) is 111 cm³/mol. The zero-order valence-electron chi connectivity index (χ0n) is 12.4. The molecule has 5 N–H and O–H groups in total. The summed E-state index contributed by atoms with van der Waals surface area (Å²) in [5.41, 5.74) is 11.7. The average molecular weight is 611 g/mol. The summed E-state index contributed by atoms with van der Waals surface area (Å²) in [5.74, 6) is -1.62. The normalized spacial score (nSPS) is 9.80. The highest BCUT2D eigenvalue weighted by Gasteiger charge is 2.14. The number of pyridine rings is 2. The minimum atomic E-state index is -1.10. The number of carbonyl (C=O) groups excluding carboxylic acids is 1. The van der Waals surface area contributed by atoms with E-state index in [1.54, 1.807) is 0 Å². The van der Waals surface area contributed by atoms with Crippen LogP contribution in [0.25, 0.3) is 0 Å². The molecule has 0 unspecified atom stereocenters. The van der Waals surface area contributed by atoms with Crippen LogP contribution < -0.4 is 11.5 Å². The Balaban J connectivity index is 0.000000251. The number of esters is 1. The molecule has 0 aliphatic rings. The monoisotopic (exact) mass is 610 g/mol. The molecule has 0 saturated carbocycles. The van der Waals surface area contributed by atoms with Crippen molar-refractivity contribution < 1.29 is 19.4 Å². The standard InChI is InChI=1S/C7H6ClIN2O2.C6H4ClIN2O2/c1-13-7(12)3-2-4(8)11-6(9)5(3)10;7-3-1-2(6(11)12)4(9)5(8)10-3/h2H,10H2,1H3;1H,9H2,(H,11,12). The average Bonchev–Trinajstić information content (AvgIpc) is 2.53. The van der Waals surface area contributed by atoms with Crippen LogP contribution in [0.4, 0.5) is 11.4 Å². The molecule has 0 atom stereocenters. The van der Waals surface area contributed by atoms with Gasteiger partial charge in [0.15, 0.2) is 0 Å². The van der Waals surface area contributed by atoms with Gasteiger partial charge in [-0.05, 0) is 57.3 Å². The quantitative estimate of drug-likeness (QED) is 0.267. The minimum Gasteiger partial charge on any atom is -0.478 e. The fourth-order valence-corrected chi connectivity index (χ4v) is 3.22. The molecule has 0 spiro atoms. The van der Waals surface area contributed by atoms with Crippen LogP contribution in [0, 0.1) is 7.40 Å². The Hall–Kier alpha value is -1.12. The molecule has 0 amide bonds. The van der Waals surface area contributed by atoms with Crippen LogP contribution in [-0.4, -0.2) is 34.1 Å².